The molecule has 4 N–H and O–H groups in total. The molecule has 0 amide bonds. The van der Waals surface area contributed by atoms with Gasteiger partial charge in [0.05, 0.1) is 16.1 Å². The lowest BCUT2D eigenvalue weighted by molar-refractivity contribution is 0.00578. The Kier molecular flexibility index (Phi) is 4.95. The summed E-state index contributed by atoms with van der Waals surface area (Å²) in [5.41, 5.74) is 5.41. The number of benzene rings is 1. The molecule has 24 heavy (non-hydrogen) atoms. The summed E-state index contributed by atoms with van der Waals surface area (Å²) in [5, 5.41) is 4.99. The van der Waals surface area contributed by atoms with Gasteiger partial charge in [-0.3, -0.25) is 0 Å². The Labute approximate surface area is 142 Å². The van der Waals surface area contributed by atoms with E-state index in [-0.39, 0.29) is 17.0 Å². The Hall–Kier alpha value is -1.26. The molecular formula is C15H22BFN2O4S. The van der Waals surface area contributed by atoms with Gasteiger partial charge < -0.3 is 15.0 Å². The van der Waals surface area contributed by atoms with Crippen molar-refractivity contribution in [1.82, 2.24) is 0 Å². The van der Waals surface area contributed by atoms with Crippen LogP contribution in [0.5, 0.6) is 0 Å². The largest absolute Gasteiger partial charge is 0.491 e. The summed E-state index contributed by atoms with van der Waals surface area (Å²) in [4.78, 5) is -0.290. The zero-order valence-corrected chi connectivity index (χ0v) is 15.0. The van der Waals surface area contributed by atoms with Crippen LogP contribution in [0.15, 0.2) is 28.6 Å². The first-order valence-corrected chi connectivity index (χ1v) is 9.00. The van der Waals surface area contributed by atoms with Crippen molar-refractivity contribution in [2.45, 2.75) is 43.8 Å². The van der Waals surface area contributed by atoms with Crippen molar-refractivity contribution in [2.75, 3.05) is 6.54 Å². The van der Waals surface area contributed by atoms with Gasteiger partial charge in [-0.05, 0) is 45.3 Å². The maximum absolute atomic E-state index is 14.2. The van der Waals surface area contributed by atoms with Crippen LogP contribution in [0.2, 0.25) is 0 Å². The number of rotatable bonds is 4. The molecule has 2 rings (SSSR count). The van der Waals surface area contributed by atoms with Crippen molar-refractivity contribution in [3.63, 3.8) is 0 Å². The van der Waals surface area contributed by atoms with Crippen LogP contribution in [0.4, 0.5) is 4.39 Å². The third-order valence-corrected chi connectivity index (χ3v) is 5.34. The van der Waals surface area contributed by atoms with Crippen LogP contribution < -0.4 is 10.9 Å². The highest BCUT2D eigenvalue weighted by molar-refractivity contribution is 7.89. The van der Waals surface area contributed by atoms with Crippen molar-refractivity contribution in [3.8, 4) is 0 Å². The summed E-state index contributed by atoms with van der Waals surface area (Å²) >= 11 is 0. The first kappa shape index (κ1) is 19.1. The molecule has 0 saturated carbocycles. The molecule has 1 aliphatic rings. The van der Waals surface area contributed by atoms with Gasteiger partial charge in [0.15, 0.2) is 0 Å². The number of halogens is 1. The molecule has 0 atom stereocenters. The highest BCUT2D eigenvalue weighted by atomic mass is 32.2. The summed E-state index contributed by atoms with van der Waals surface area (Å²) in [5.74, 6) is -0.719. The van der Waals surface area contributed by atoms with E-state index in [1.165, 1.54) is 18.2 Å². The van der Waals surface area contributed by atoms with Crippen molar-refractivity contribution in [3.05, 3.63) is 35.1 Å². The van der Waals surface area contributed by atoms with Crippen LogP contribution in [0.25, 0.3) is 6.08 Å². The topological polar surface area (TPSA) is 105 Å². The average molecular weight is 356 g/mol. The Balaban J connectivity index is 2.36. The summed E-state index contributed by atoms with van der Waals surface area (Å²) in [6, 6.07) is 3.44. The van der Waals surface area contributed by atoms with E-state index in [0.717, 1.165) is 6.07 Å². The highest BCUT2D eigenvalue weighted by Gasteiger charge is 2.52. The van der Waals surface area contributed by atoms with Crippen LogP contribution in [0.3, 0.4) is 0 Å². The lowest BCUT2D eigenvalue weighted by atomic mass is 9.77. The molecule has 0 spiro atoms. The zero-order chi connectivity index (χ0) is 18.3. The van der Waals surface area contributed by atoms with E-state index < -0.39 is 34.2 Å². The van der Waals surface area contributed by atoms with E-state index in [0.29, 0.717) is 5.47 Å². The van der Waals surface area contributed by atoms with E-state index in [9.17, 15) is 12.8 Å². The lowest BCUT2D eigenvalue weighted by Gasteiger charge is -2.32. The molecule has 0 bridgehead atoms. The van der Waals surface area contributed by atoms with Crippen LogP contribution in [0, 0.1) is 5.82 Å². The monoisotopic (exact) mass is 356 g/mol. The summed E-state index contributed by atoms with van der Waals surface area (Å²) < 4.78 is 48.5. The number of primary sulfonamides is 1. The molecule has 132 valence electrons. The van der Waals surface area contributed by atoms with Gasteiger partial charge >= 0.3 is 7.12 Å². The molecule has 0 unspecified atom stereocenters. The van der Waals surface area contributed by atoms with E-state index in [1.54, 1.807) is 0 Å². The van der Waals surface area contributed by atoms with Crippen LogP contribution in [-0.2, 0) is 19.3 Å². The highest BCUT2D eigenvalue weighted by Crippen LogP contribution is 2.38. The first-order valence-electron chi connectivity index (χ1n) is 7.46. The Bertz CT molecular complexity index is 762. The number of hydrogen-bond acceptors (Lipinski definition) is 5. The van der Waals surface area contributed by atoms with Crippen LogP contribution in [0.1, 0.15) is 33.3 Å². The summed E-state index contributed by atoms with van der Waals surface area (Å²) in [7, 11) is -4.65. The van der Waals surface area contributed by atoms with Gasteiger partial charge in [-0.25, -0.2) is 17.9 Å². The second-order valence-electron chi connectivity index (χ2n) is 6.74. The van der Waals surface area contributed by atoms with Gasteiger partial charge in [-0.15, -0.1) is 0 Å². The Morgan fingerprint density at radius 1 is 1.25 bits per heavy atom. The summed E-state index contributed by atoms with van der Waals surface area (Å²) in [6.07, 6.45) is 1.50. The molecule has 9 heteroatoms. The smallest absolute Gasteiger partial charge is 0.400 e. The number of sulfonamides is 1. The quantitative estimate of drug-likeness (QED) is 0.795. The molecule has 1 saturated heterocycles. The Morgan fingerprint density at radius 2 is 1.79 bits per heavy atom. The van der Waals surface area contributed by atoms with E-state index in [1.807, 2.05) is 27.7 Å². The van der Waals surface area contributed by atoms with Gasteiger partial charge in [0, 0.05) is 12.1 Å². The minimum Gasteiger partial charge on any atom is -0.400 e. The van der Waals surface area contributed by atoms with Crippen molar-refractivity contribution in [1.29, 1.82) is 0 Å². The van der Waals surface area contributed by atoms with Crippen LogP contribution >= 0.6 is 0 Å². The molecular weight excluding hydrogens is 334 g/mol. The van der Waals surface area contributed by atoms with E-state index >= 15 is 0 Å². The predicted octanol–water partition coefficient (Wildman–Crippen LogP) is 1.45. The fourth-order valence-corrected chi connectivity index (χ4v) is 2.74. The van der Waals surface area contributed by atoms with Gasteiger partial charge in [0.25, 0.3) is 0 Å². The maximum Gasteiger partial charge on any atom is 0.491 e. The van der Waals surface area contributed by atoms with Gasteiger partial charge in [-0.1, -0.05) is 12.1 Å². The molecule has 1 aromatic carbocycles. The second-order valence-corrected chi connectivity index (χ2v) is 8.30. The molecule has 1 aromatic rings. The standard InChI is InChI=1S/C15H22BFN2O4S/c1-14(2)15(3,4)23-16(22-14)11(9-18)7-10-5-6-12(8-13(10)17)24(19,20)21/h5-8H,9,18H2,1-4H3,(H2,19,20,21). The molecule has 0 aromatic heterocycles. The van der Waals surface area contributed by atoms with E-state index in [2.05, 4.69) is 0 Å². The average Bonchev–Trinajstić information content (AvgIpc) is 2.64. The molecule has 0 radical (unpaired) electrons. The lowest BCUT2D eigenvalue weighted by Crippen LogP contribution is -2.41. The summed E-state index contributed by atoms with van der Waals surface area (Å²) in [6.45, 7) is 7.73. The molecule has 1 aliphatic heterocycles. The third kappa shape index (κ3) is 3.70. The maximum atomic E-state index is 14.2. The second kappa shape index (κ2) is 6.23. The minimum absolute atomic E-state index is 0.104. The first-order chi connectivity index (χ1) is 10.9. The third-order valence-electron chi connectivity index (χ3n) is 4.43. The molecule has 1 fully saturated rings. The van der Waals surface area contributed by atoms with E-state index in [4.69, 9.17) is 20.2 Å². The zero-order valence-electron chi connectivity index (χ0n) is 14.2. The molecule has 1 heterocycles. The van der Waals surface area contributed by atoms with Gasteiger partial charge in [0.2, 0.25) is 10.0 Å². The fourth-order valence-electron chi connectivity index (χ4n) is 2.22. The van der Waals surface area contributed by atoms with Gasteiger partial charge in [0.1, 0.15) is 5.82 Å². The number of nitrogens with two attached hydrogens (primary N) is 2. The Morgan fingerprint density at radius 3 is 2.21 bits per heavy atom. The predicted molar refractivity (Wildman–Crippen MR) is 90.9 cm³/mol. The van der Waals surface area contributed by atoms with Crippen molar-refractivity contribution in [2.24, 2.45) is 10.9 Å². The minimum atomic E-state index is -3.96. The number of hydrogen-bond donors (Lipinski definition) is 2. The van der Waals surface area contributed by atoms with Gasteiger partial charge in [-0.2, -0.15) is 0 Å². The van der Waals surface area contributed by atoms with Crippen molar-refractivity contribution >= 4 is 23.2 Å². The van der Waals surface area contributed by atoms with Crippen LogP contribution in [-0.4, -0.2) is 33.3 Å². The fraction of sp³-hybridized carbons (Fsp3) is 0.467. The van der Waals surface area contributed by atoms with Crippen molar-refractivity contribution < 1.29 is 22.1 Å². The SMILES string of the molecule is CC1(C)OB(C(=Cc2ccc(S(N)(=O)=O)cc2F)CN)OC1(C)C. The molecule has 6 nitrogen and oxygen atoms in total. The normalized spacial score (nSPS) is 20.5. The molecule has 0 aliphatic carbocycles.